The third kappa shape index (κ3) is 6.91. The highest BCUT2D eigenvalue weighted by Crippen LogP contribution is 1.81. The average Bonchev–Trinajstić information content (AvgIpc) is 2.36. The van der Waals surface area contributed by atoms with Crippen molar-refractivity contribution in [1.29, 1.82) is 0 Å². The van der Waals surface area contributed by atoms with Crippen molar-refractivity contribution in [2.24, 2.45) is 0 Å². The lowest BCUT2D eigenvalue weighted by Gasteiger charge is -1.83. The van der Waals surface area contributed by atoms with E-state index in [1.165, 1.54) is 0 Å². The lowest BCUT2D eigenvalue weighted by Crippen LogP contribution is -1.75. The van der Waals surface area contributed by atoms with Gasteiger partial charge in [-0.25, -0.2) is 9.19 Å². The van der Waals surface area contributed by atoms with Gasteiger partial charge < -0.3 is 13.7 Å². The second-order valence-electron chi connectivity index (χ2n) is 1.41. The van der Waals surface area contributed by atoms with Gasteiger partial charge in [-0.1, -0.05) is 6.58 Å². The van der Waals surface area contributed by atoms with Crippen LogP contribution in [0.3, 0.4) is 0 Å². The van der Waals surface area contributed by atoms with E-state index in [-0.39, 0.29) is 0 Å². The van der Waals surface area contributed by atoms with Gasteiger partial charge >= 0.3 is 0 Å². The zero-order valence-electron chi connectivity index (χ0n) is 5.58. The highest BCUT2D eigenvalue weighted by atomic mass is 32.2. The van der Waals surface area contributed by atoms with Gasteiger partial charge in [0.05, 0.1) is 17.7 Å². The molecule has 1 heterocycles. The SMILES string of the molecule is C=Cn1ccnc1.O=S([O-])O. The van der Waals surface area contributed by atoms with Crippen molar-refractivity contribution in [2.45, 2.75) is 0 Å². The summed E-state index contributed by atoms with van der Waals surface area (Å²) >= 11 is -2.86. The molecule has 0 aliphatic carbocycles. The highest BCUT2D eigenvalue weighted by molar-refractivity contribution is 7.73. The van der Waals surface area contributed by atoms with Gasteiger partial charge in [-0.2, -0.15) is 0 Å². The van der Waals surface area contributed by atoms with Crippen LogP contribution >= 0.6 is 0 Å². The number of imidazole rings is 1. The average molecular weight is 175 g/mol. The zero-order valence-corrected chi connectivity index (χ0v) is 6.40. The van der Waals surface area contributed by atoms with Crippen LogP contribution in [-0.4, -0.2) is 22.9 Å². The van der Waals surface area contributed by atoms with Crippen LogP contribution in [0.5, 0.6) is 0 Å². The first-order chi connectivity index (χ1) is 5.16. The maximum absolute atomic E-state index is 8.56. The Kier molecular flexibility index (Phi) is 5.26. The molecule has 1 aromatic rings. The summed E-state index contributed by atoms with van der Waals surface area (Å²) in [5, 5.41) is 0. The normalized spacial score (nSPS) is 11.1. The van der Waals surface area contributed by atoms with Crippen molar-refractivity contribution in [3.8, 4) is 0 Å². The summed E-state index contributed by atoms with van der Waals surface area (Å²) in [4.78, 5) is 3.78. The molecule has 0 amide bonds. The minimum absolute atomic E-state index is 1.69. The maximum Gasteiger partial charge on any atom is 0.0986 e. The summed E-state index contributed by atoms with van der Waals surface area (Å²) in [7, 11) is 0. The van der Waals surface area contributed by atoms with Crippen LogP contribution in [0.4, 0.5) is 0 Å². The fraction of sp³-hybridized carbons (Fsp3) is 0. The highest BCUT2D eigenvalue weighted by Gasteiger charge is 1.73. The summed E-state index contributed by atoms with van der Waals surface area (Å²) < 4.78 is 25.9. The van der Waals surface area contributed by atoms with Crippen LogP contribution in [0.25, 0.3) is 6.20 Å². The Hall–Kier alpha value is -0.980. The molecule has 0 aromatic carbocycles. The fourth-order valence-corrected chi connectivity index (χ4v) is 0.377. The topological polar surface area (TPSA) is 78.2 Å². The quantitative estimate of drug-likeness (QED) is 0.623. The van der Waals surface area contributed by atoms with Crippen LogP contribution in [0.1, 0.15) is 0 Å². The molecule has 1 aromatic heterocycles. The molecule has 0 saturated carbocycles. The van der Waals surface area contributed by atoms with Crippen molar-refractivity contribution in [2.75, 3.05) is 0 Å². The molecule has 1 rings (SSSR count). The third-order valence-corrected chi connectivity index (χ3v) is 0.736. The van der Waals surface area contributed by atoms with E-state index in [9.17, 15) is 0 Å². The standard InChI is InChI=1S/C5H6N2.H2O3S/c1-2-7-4-3-6-5-7;1-4(2)3/h2-5H,1H2;(H2,1,2,3)/p-1. The summed E-state index contributed by atoms with van der Waals surface area (Å²) in [6.45, 7) is 3.53. The number of hydrogen-bond donors (Lipinski definition) is 1. The number of aromatic nitrogens is 2. The Bertz CT molecular complexity index is 218. The van der Waals surface area contributed by atoms with Crippen LogP contribution < -0.4 is 0 Å². The van der Waals surface area contributed by atoms with E-state index in [0.29, 0.717) is 0 Å². The molecule has 0 saturated heterocycles. The second kappa shape index (κ2) is 5.78. The summed E-state index contributed by atoms with van der Waals surface area (Å²) in [6.07, 6.45) is 6.91. The van der Waals surface area contributed by atoms with E-state index < -0.39 is 11.4 Å². The molecule has 1 atom stereocenters. The number of rotatable bonds is 1. The Labute approximate surface area is 66.5 Å². The first-order valence-electron chi connectivity index (χ1n) is 2.55. The predicted molar refractivity (Wildman–Crippen MR) is 40.2 cm³/mol. The molecule has 0 fully saturated rings. The Morgan fingerprint density at radius 3 is 2.55 bits per heavy atom. The van der Waals surface area contributed by atoms with Gasteiger partial charge in [0.2, 0.25) is 0 Å². The lowest BCUT2D eigenvalue weighted by atomic mass is 10.9. The van der Waals surface area contributed by atoms with Crippen molar-refractivity contribution in [3.05, 3.63) is 25.3 Å². The molecule has 0 aliphatic rings. The molecule has 5 nitrogen and oxygen atoms in total. The molecule has 0 bridgehead atoms. The molecule has 6 heteroatoms. The molecular formula is C5H7N2O3S-. The van der Waals surface area contributed by atoms with Gasteiger partial charge in [-0.15, -0.1) is 0 Å². The monoisotopic (exact) mass is 175 g/mol. The van der Waals surface area contributed by atoms with Crippen molar-refractivity contribution in [1.82, 2.24) is 9.55 Å². The van der Waals surface area contributed by atoms with E-state index >= 15 is 0 Å². The van der Waals surface area contributed by atoms with Crippen molar-refractivity contribution < 1.29 is 13.3 Å². The Morgan fingerprint density at radius 2 is 2.36 bits per heavy atom. The van der Waals surface area contributed by atoms with E-state index in [0.717, 1.165) is 0 Å². The molecule has 62 valence electrons. The van der Waals surface area contributed by atoms with Crippen LogP contribution in [0.15, 0.2) is 25.3 Å². The second-order valence-corrected chi connectivity index (χ2v) is 1.84. The molecular weight excluding hydrogens is 168 g/mol. The lowest BCUT2D eigenvalue weighted by molar-refractivity contribution is 0.436. The minimum atomic E-state index is -2.86. The Balaban J connectivity index is 0.000000218. The summed E-state index contributed by atoms with van der Waals surface area (Å²) in [6, 6.07) is 0. The van der Waals surface area contributed by atoms with Gasteiger partial charge in [-0.05, 0) is 0 Å². The van der Waals surface area contributed by atoms with Gasteiger partial charge in [0.25, 0.3) is 0 Å². The van der Waals surface area contributed by atoms with Gasteiger partial charge in [0.15, 0.2) is 0 Å². The van der Waals surface area contributed by atoms with E-state index in [4.69, 9.17) is 13.3 Å². The zero-order chi connectivity index (χ0) is 8.69. The third-order valence-electron chi connectivity index (χ3n) is 0.736. The van der Waals surface area contributed by atoms with E-state index in [1.807, 2.05) is 6.20 Å². The van der Waals surface area contributed by atoms with Crippen LogP contribution in [-0.2, 0) is 11.4 Å². The predicted octanol–water partition coefficient (Wildman–Crippen LogP) is 0.322. The molecule has 1 N–H and O–H groups in total. The van der Waals surface area contributed by atoms with Gasteiger partial charge in [0.1, 0.15) is 0 Å². The first-order valence-corrected chi connectivity index (χ1v) is 3.58. The largest absolute Gasteiger partial charge is 0.750 e. The van der Waals surface area contributed by atoms with Gasteiger partial charge in [-0.3, -0.25) is 0 Å². The van der Waals surface area contributed by atoms with Crippen LogP contribution in [0.2, 0.25) is 0 Å². The minimum Gasteiger partial charge on any atom is -0.750 e. The molecule has 11 heavy (non-hydrogen) atoms. The summed E-state index contributed by atoms with van der Waals surface area (Å²) in [5.41, 5.74) is 0. The van der Waals surface area contributed by atoms with Gasteiger partial charge in [0, 0.05) is 18.6 Å². The maximum atomic E-state index is 8.56. The van der Waals surface area contributed by atoms with E-state index in [1.54, 1.807) is 23.3 Å². The molecule has 0 spiro atoms. The molecule has 0 aliphatic heterocycles. The van der Waals surface area contributed by atoms with Crippen molar-refractivity contribution >= 4 is 17.6 Å². The number of nitrogens with zero attached hydrogens (tertiary/aromatic N) is 2. The van der Waals surface area contributed by atoms with E-state index in [2.05, 4.69) is 11.6 Å². The number of hydrogen-bond acceptors (Lipinski definition) is 3. The van der Waals surface area contributed by atoms with Crippen LogP contribution in [0, 0.1) is 0 Å². The fourth-order valence-electron chi connectivity index (χ4n) is 0.377. The smallest absolute Gasteiger partial charge is 0.0986 e. The Morgan fingerprint density at radius 1 is 1.82 bits per heavy atom. The molecule has 1 unspecified atom stereocenters. The summed E-state index contributed by atoms with van der Waals surface area (Å²) in [5.74, 6) is 0. The van der Waals surface area contributed by atoms with Crippen molar-refractivity contribution in [3.63, 3.8) is 0 Å². The molecule has 0 radical (unpaired) electrons. The first kappa shape index (κ1) is 10.0.